The lowest BCUT2D eigenvalue weighted by atomic mass is 10.2. The molecule has 0 radical (unpaired) electrons. The van der Waals surface area contributed by atoms with Gasteiger partial charge in [0, 0.05) is 5.69 Å². The molecule has 5 nitrogen and oxygen atoms in total. The van der Waals surface area contributed by atoms with E-state index >= 15 is 0 Å². The van der Waals surface area contributed by atoms with E-state index in [1.54, 1.807) is 0 Å². The van der Waals surface area contributed by atoms with E-state index in [0.29, 0.717) is 18.1 Å². The molecule has 2 aromatic rings. The van der Waals surface area contributed by atoms with Crippen LogP contribution in [-0.4, -0.2) is 20.2 Å². The predicted octanol–water partition coefficient (Wildman–Crippen LogP) is 2.58. The van der Waals surface area contributed by atoms with Crippen LogP contribution in [0.1, 0.15) is 43.1 Å². The van der Waals surface area contributed by atoms with Gasteiger partial charge in [-0.15, -0.1) is 0 Å². The van der Waals surface area contributed by atoms with Crippen molar-refractivity contribution >= 4 is 0 Å². The molecule has 18 heavy (non-hydrogen) atoms. The summed E-state index contributed by atoms with van der Waals surface area (Å²) in [6, 6.07) is 3.80. The molecule has 0 fully saturated rings. The normalized spacial score (nSPS) is 12.7. The molecule has 1 unspecified atom stereocenters. The van der Waals surface area contributed by atoms with Gasteiger partial charge in [-0.3, -0.25) is 4.98 Å². The van der Waals surface area contributed by atoms with Gasteiger partial charge in [-0.05, 0) is 32.4 Å². The molecule has 0 aliphatic carbocycles. The van der Waals surface area contributed by atoms with Crippen LogP contribution in [0.5, 0.6) is 0 Å². The van der Waals surface area contributed by atoms with Crippen LogP contribution in [-0.2, 0) is 0 Å². The van der Waals surface area contributed by atoms with Crippen LogP contribution < -0.4 is 0 Å². The highest BCUT2D eigenvalue weighted by Crippen LogP contribution is 2.23. The zero-order valence-electron chi connectivity index (χ0n) is 10.8. The molecule has 0 saturated carbocycles. The summed E-state index contributed by atoms with van der Waals surface area (Å²) in [7, 11) is 0. The zero-order valence-corrected chi connectivity index (χ0v) is 10.8. The third-order valence-corrected chi connectivity index (χ3v) is 2.76. The summed E-state index contributed by atoms with van der Waals surface area (Å²) < 4.78 is 5.18. The van der Waals surface area contributed by atoms with Gasteiger partial charge in [-0.25, -0.2) is 0 Å². The zero-order chi connectivity index (χ0) is 13.1. The lowest BCUT2D eigenvalue weighted by Crippen LogP contribution is -1.99. The molecule has 1 atom stereocenters. The fourth-order valence-corrected chi connectivity index (χ4v) is 1.79. The SMILES string of the molecule is CCCC(O)c1noc(-c2ccc(C)nc2C)n1. The van der Waals surface area contributed by atoms with Crippen LogP contribution in [0.4, 0.5) is 0 Å². The lowest BCUT2D eigenvalue weighted by molar-refractivity contribution is 0.153. The molecule has 0 amide bonds. The number of aryl methyl sites for hydroxylation is 2. The predicted molar refractivity (Wildman–Crippen MR) is 66.9 cm³/mol. The molecule has 0 aliphatic heterocycles. The molecule has 0 aliphatic rings. The van der Waals surface area contributed by atoms with Gasteiger partial charge in [-0.1, -0.05) is 18.5 Å². The summed E-state index contributed by atoms with van der Waals surface area (Å²) >= 11 is 0. The summed E-state index contributed by atoms with van der Waals surface area (Å²) in [5.74, 6) is 0.747. The molecule has 0 bridgehead atoms. The minimum absolute atomic E-state index is 0.340. The van der Waals surface area contributed by atoms with E-state index < -0.39 is 6.10 Å². The van der Waals surface area contributed by atoms with E-state index in [1.807, 2.05) is 32.9 Å². The number of nitrogens with zero attached hydrogens (tertiary/aromatic N) is 3. The number of aromatic nitrogens is 3. The van der Waals surface area contributed by atoms with Crippen LogP contribution in [0.15, 0.2) is 16.7 Å². The summed E-state index contributed by atoms with van der Waals surface area (Å²) in [6.07, 6.45) is 0.839. The molecule has 2 rings (SSSR count). The maximum absolute atomic E-state index is 9.79. The Balaban J connectivity index is 2.29. The minimum atomic E-state index is -0.661. The highest BCUT2D eigenvalue weighted by molar-refractivity contribution is 5.55. The molecule has 0 aromatic carbocycles. The number of rotatable bonds is 4. The Morgan fingerprint density at radius 3 is 2.72 bits per heavy atom. The van der Waals surface area contributed by atoms with Gasteiger partial charge >= 0.3 is 0 Å². The van der Waals surface area contributed by atoms with E-state index in [4.69, 9.17) is 4.52 Å². The van der Waals surface area contributed by atoms with Gasteiger partial charge in [0.15, 0.2) is 0 Å². The highest BCUT2D eigenvalue weighted by Gasteiger charge is 2.17. The Kier molecular flexibility index (Phi) is 3.72. The summed E-state index contributed by atoms with van der Waals surface area (Å²) in [4.78, 5) is 8.57. The number of pyridine rings is 1. The smallest absolute Gasteiger partial charge is 0.259 e. The Morgan fingerprint density at radius 2 is 2.06 bits per heavy atom. The number of aliphatic hydroxyl groups is 1. The molecule has 0 saturated heterocycles. The monoisotopic (exact) mass is 247 g/mol. The lowest BCUT2D eigenvalue weighted by Gasteiger charge is -2.02. The van der Waals surface area contributed by atoms with Gasteiger partial charge in [-0.2, -0.15) is 4.98 Å². The summed E-state index contributed by atoms with van der Waals surface area (Å²) in [5.41, 5.74) is 2.60. The van der Waals surface area contributed by atoms with Gasteiger partial charge in [0.25, 0.3) is 5.89 Å². The third-order valence-electron chi connectivity index (χ3n) is 2.76. The first-order valence-electron chi connectivity index (χ1n) is 6.08. The van der Waals surface area contributed by atoms with Crippen LogP contribution in [0.3, 0.4) is 0 Å². The maximum Gasteiger partial charge on any atom is 0.259 e. The largest absolute Gasteiger partial charge is 0.385 e. The van der Waals surface area contributed by atoms with Crippen molar-refractivity contribution in [3.63, 3.8) is 0 Å². The Morgan fingerprint density at radius 1 is 1.28 bits per heavy atom. The van der Waals surface area contributed by atoms with Crippen LogP contribution in [0, 0.1) is 13.8 Å². The van der Waals surface area contributed by atoms with E-state index in [-0.39, 0.29) is 0 Å². The third kappa shape index (κ3) is 2.56. The Labute approximate surface area is 106 Å². The van der Waals surface area contributed by atoms with Gasteiger partial charge in [0.2, 0.25) is 5.82 Å². The molecular formula is C13H17N3O2. The van der Waals surface area contributed by atoms with Crippen LogP contribution in [0.2, 0.25) is 0 Å². The standard InChI is InChI=1S/C13H17N3O2/c1-4-5-11(17)12-15-13(18-16-12)10-7-6-8(2)14-9(10)3/h6-7,11,17H,4-5H2,1-3H3. The molecule has 2 aromatic heterocycles. The molecule has 1 N–H and O–H groups in total. The van der Waals surface area contributed by atoms with Crippen molar-refractivity contribution in [2.24, 2.45) is 0 Å². The average Bonchev–Trinajstić information content (AvgIpc) is 2.78. The Hall–Kier alpha value is -1.75. The van der Waals surface area contributed by atoms with Crippen molar-refractivity contribution in [3.8, 4) is 11.5 Å². The average molecular weight is 247 g/mol. The van der Waals surface area contributed by atoms with E-state index in [9.17, 15) is 5.11 Å². The second-order valence-electron chi connectivity index (χ2n) is 4.35. The van der Waals surface area contributed by atoms with Crippen molar-refractivity contribution in [1.29, 1.82) is 0 Å². The van der Waals surface area contributed by atoms with Crippen molar-refractivity contribution in [3.05, 3.63) is 29.3 Å². The van der Waals surface area contributed by atoms with Crippen molar-refractivity contribution < 1.29 is 9.63 Å². The molecular weight excluding hydrogens is 230 g/mol. The first-order chi connectivity index (χ1) is 8.61. The molecule has 2 heterocycles. The van der Waals surface area contributed by atoms with Crippen molar-refractivity contribution in [2.45, 2.75) is 39.7 Å². The number of hydrogen-bond donors (Lipinski definition) is 1. The van der Waals surface area contributed by atoms with Gasteiger partial charge < -0.3 is 9.63 Å². The molecule has 96 valence electrons. The second kappa shape index (κ2) is 5.27. The Bertz CT molecular complexity index is 537. The number of hydrogen-bond acceptors (Lipinski definition) is 5. The maximum atomic E-state index is 9.79. The van der Waals surface area contributed by atoms with E-state index in [1.165, 1.54) is 0 Å². The topological polar surface area (TPSA) is 72.0 Å². The first-order valence-corrected chi connectivity index (χ1v) is 6.08. The fraction of sp³-hybridized carbons (Fsp3) is 0.462. The molecule has 0 spiro atoms. The molecule has 5 heteroatoms. The minimum Gasteiger partial charge on any atom is -0.385 e. The van der Waals surface area contributed by atoms with Crippen molar-refractivity contribution in [2.75, 3.05) is 0 Å². The van der Waals surface area contributed by atoms with E-state index in [2.05, 4.69) is 15.1 Å². The summed E-state index contributed by atoms with van der Waals surface area (Å²) in [5, 5.41) is 13.6. The summed E-state index contributed by atoms with van der Waals surface area (Å²) in [6.45, 7) is 5.83. The number of aliphatic hydroxyl groups excluding tert-OH is 1. The van der Waals surface area contributed by atoms with Crippen molar-refractivity contribution in [1.82, 2.24) is 15.1 Å². The van der Waals surface area contributed by atoms with E-state index in [0.717, 1.165) is 23.4 Å². The van der Waals surface area contributed by atoms with Crippen LogP contribution >= 0.6 is 0 Å². The second-order valence-corrected chi connectivity index (χ2v) is 4.35. The first kappa shape index (κ1) is 12.7. The fourth-order valence-electron chi connectivity index (χ4n) is 1.79. The van der Waals surface area contributed by atoms with Crippen LogP contribution in [0.25, 0.3) is 11.5 Å². The highest BCUT2D eigenvalue weighted by atomic mass is 16.5. The quantitative estimate of drug-likeness (QED) is 0.899. The van der Waals surface area contributed by atoms with Gasteiger partial charge in [0.05, 0.1) is 11.3 Å². The van der Waals surface area contributed by atoms with Gasteiger partial charge in [0.1, 0.15) is 6.10 Å².